The maximum atomic E-state index is 5.47. The summed E-state index contributed by atoms with van der Waals surface area (Å²) in [5.74, 6) is 2.63. The molecule has 0 aromatic heterocycles. The molecule has 0 radical (unpaired) electrons. The summed E-state index contributed by atoms with van der Waals surface area (Å²) >= 11 is 0. The van der Waals surface area contributed by atoms with E-state index in [0.29, 0.717) is 6.54 Å². The van der Waals surface area contributed by atoms with Gasteiger partial charge in [0.2, 0.25) is 0 Å². The summed E-state index contributed by atoms with van der Waals surface area (Å²) in [6.07, 6.45) is 3.84. The highest BCUT2D eigenvalue weighted by Gasteiger charge is 2.16. The number of nitrogens with zero attached hydrogens (tertiary/aromatic N) is 2. The number of likely N-dealkylation sites (tertiary alicyclic amines) is 1. The normalized spacial score (nSPS) is 16.1. The molecule has 1 aliphatic rings. The molecule has 1 aromatic rings. The zero-order valence-corrected chi connectivity index (χ0v) is 19.0. The maximum absolute atomic E-state index is 5.47. The van der Waals surface area contributed by atoms with Crippen molar-refractivity contribution in [1.82, 2.24) is 15.5 Å². The Morgan fingerprint density at radius 1 is 1.27 bits per heavy atom. The molecule has 0 bridgehead atoms. The van der Waals surface area contributed by atoms with Crippen LogP contribution >= 0.6 is 24.0 Å². The Morgan fingerprint density at radius 2 is 2.00 bits per heavy atom. The Bertz CT molecular complexity index is 557. The van der Waals surface area contributed by atoms with E-state index in [1.165, 1.54) is 37.9 Å². The molecule has 1 saturated heterocycles. The summed E-state index contributed by atoms with van der Waals surface area (Å²) in [7, 11) is 3.93. The molecular formula is C20H35IN4O. The minimum absolute atomic E-state index is 0. The van der Waals surface area contributed by atoms with E-state index in [2.05, 4.69) is 54.6 Å². The van der Waals surface area contributed by atoms with Crippen LogP contribution in [0.15, 0.2) is 23.2 Å². The average molecular weight is 474 g/mol. The fourth-order valence-electron chi connectivity index (χ4n) is 3.23. The van der Waals surface area contributed by atoms with E-state index >= 15 is 0 Å². The molecule has 0 saturated carbocycles. The van der Waals surface area contributed by atoms with Gasteiger partial charge in [-0.2, -0.15) is 0 Å². The van der Waals surface area contributed by atoms with E-state index in [9.17, 15) is 0 Å². The largest absolute Gasteiger partial charge is 0.496 e. The van der Waals surface area contributed by atoms with Crippen LogP contribution in [0.3, 0.4) is 0 Å². The Balaban J connectivity index is 0.00000338. The van der Waals surface area contributed by atoms with Crippen molar-refractivity contribution < 1.29 is 4.74 Å². The van der Waals surface area contributed by atoms with Gasteiger partial charge in [-0.1, -0.05) is 12.1 Å². The van der Waals surface area contributed by atoms with Gasteiger partial charge >= 0.3 is 0 Å². The van der Waals surface area contributed by atoms with Gasteiger partial charge in [0.1, 0.15) is 5.75 Å². The standard InChI is InChI=1S/C20H34N4O.HI/c1-5-21-20(22-11-8-17-9-12-24(3)13-10-17)23-15-18-7-6-16(2)14-19(18)25-4;/h6-7,14,17H,5,8-13,15H2,1-4H3,(H2,21,22,23);1H. The van der Waals surface area contributed by atoms with E-state index in [1.54, 1.807) is 7.11 Å². The van der Waals surface area contributed by atoms with Crippen LogP contribution in [0.2, 0.25) is 0 Å². The number of methoxy groups -OCH3 is 1. The van der Waals surface area contributed by atoms with Crippen LogP contribution in [0, 0.1) is 12.8 Å². The highest BCUT2D eigenvalue weighted by molar-refractivity contribution is 14.0. The van der Waals surface area contributed by atoms with Gasteiger partial charge in [0.25, 0.3) is 0 Å². The van der Waals surface area contributed by atoms with Gasteiger partial charge in [0.05, 0.1) is 13.7 Å². The monoisotopic (exact) mass is 474 g/mol. The molecule has 1 aliphatic heterocycles. The Labute approximate surface area is 176 Å². The summed E-state index contributed by atoms with van der Waals surface area (Å²) in [6, 6.07) is 6.26. The quantitative estimate of drug-likeness (QED) is 0.362. The van der Waals surface area contributed by atoms with Crippen molar-refractivity contribution in [3.05, 3.63) is 29.3 Å². The molecule has 1 fully saturated rings. The third-order valence-corrected chi connectivity index (χ3v) is 4.88. The lowest BCUT2D eigenvalue weighted by Gasteiger charge is -2.29. The molecule has 2 rings (SSSR count). The Hall–Kier alpha value is -1.02. The number of hydrogen-bond donors (Lipinski definition) is 2. The summed E-state index contributed by atoms with van der Waals surface area (Å²) < 4.78 is 5.47. The fourth-order valence-corrected chi connectivity index (χ4v) is 3.23. The van der Waals surface area contributed by atoms with Gasteiger partial charge in [-0.05, 0) is 70.8 Å². The number of aryl methyl sites for hydroxylation is 1. The average Bonchev–Trinajstić information content (AvgIpc) is 2.62. The lowest BCUT2D eigenvalue weighted by Crippen LogP contribution is -2.39. The van der Waals surface area contributed by atoms with Crippen molar-refractivity contribution in [2.75, 3.05) is 40.3 Å². The van der Waals surface area contributed by atoms with Crippen LogP contribution < -0.4 is 15.4 Å². The molecule has 0 amide bonds. The molecule has 6 heteroatoms. The number of hydrogen-bond acceptors (Lipinski definition) is 3. The number of benzene rings is 1. The second-order valence-corrected chi connectivity index (χ2v) is 6.97. The highest BCUT2D eigenvalue weighted by atomic mass is 127. The van der Waals surface area contributed by atoms with Crippen molar-refractivity contribution in [3.8, 4) is 5.75 Å². The molecule has 1 heterocycles. The van der Waals surface area contributed by atoms with Gasteiger partial charge in [-0.15, -0.1) is 24.0 Å². The SMILES string of the molecule is CCNC(=NCc1ccc(C)cc1OC)NCCC1CCN(C)CC1.I. The Kier molecular flexibility index (Phi) is 11.0. The van der Waals surface area contributed by atoms with Crippen LogP contribution in [0.25, 0.3) is 0 Å². The molecule has 2 N–H and O–H groups in total. The minimum atomic E-state index is 0. The van der Waals surface area contributed by atoms with Crippen LogP contribution in [-0.4, -0.2) is 51.2 Å². The van der Waals surface area contributed by atoms with Crippen molar-refractivity contribution in [1.29, 1.82) is 0 Å². The molecular weight excluding hydrogens is 439 g/mol. The second-order valence-electron chi connectivity index (χ2n) is 6.97. The number of aliphatic imine (C=N–C) groups is 1. The van der Waals surface area contributed by atoms with E-state index in [0.717, 1.165) is 36.3 Å². The van der Waals surface area contributed by atoms with Crippen LogP contribution in [0.5, 0.6) is 5.75 Å². The zero-order chi connectivity index (χ0) is 18.1. The van der Waals surface area contributed by atoms with Crippen LogP contribution in [0.4, 0.5) is 0 Å². The minimum Gasteiger partial charge on any atom is -0.496 e. The predicted molar refractivity (Wildman–Crippen MR) is 121 cm³/mol. The van der Waals surface area contributed by atoms with Gasteiger partial charge in [-0.3, -0.25) is 0 Å². The van der Waals surface area contributed by atoms with Crippen LogP contribution in [-0.2, 0) is 6.54 Å². The highest BCUT2D eigenvalue weighted by Crippen LogP contribution is 2.21. The molecule has 0 spiro atoms. The van der Waals surface area contributed by atoms with E-state index in [1.807, 2.05) is 0 Å². The lowest BCUT2D eigenvalue weighted by molar-refractivity contribution is 0.213. The number of rotatable bonds is 7. The first-order valence-electron chi connectivity index (χ1n) is 9.46. The van der Waals surface area contributed by atoms with Crippen molar-refractivity contribution in [2.24, 2.45) is 10.9 Å². The van der Waals surface area contributed by atoms with E-state index in [-0.39, 0.29) is 24.0 Å². The Morgan fingerprint density at radius 3 is 2.65 bits per heavy atom. The third-order valence-electron chi connectivity index (χ3n) is 4.88. The lowest BCUT2D eigenvalue weighted by atomic mass is 9.94. The first-order valence-corrected chi connectivity index (χ1v) is 9.46. The first-order chi connectivity index (χ1) is 12.1. The summed E-state index contributed by atoms with van der Waals surface area (Å²) in [4.78, 5) is 7.14. The van der Waals surface area contributed by atoms with E-state index in [4.69, 9.17) is 9.73 Å². The zero-order valence-electron chi connectivity index (χ0n) is 16.7. The van der Waals surface area contributed by atoms with Crippen molar-refractivity contribution in [2.45, 2.75) is 39.7 Å². The molecule has 0 unspecified atom stereocenters. The number of halogens is 1. The molecule has 0 atom stereocenters. The second kappa shape index (κ2) is 12.4. The predicted octanol–water partition coefficient (Wildman–Crippen LogP) is 3.41. The maximum Gasteiger partial charge on any atom is 0.191 e. The fraction of sp³-hybridized carbons (Fsp3) is 0.650. The number of nitrogens with one attached hydrogen (secondary N) is 2. The molecule has 5 nitrogen and oxygen atoms in total. The summed E-state index contributed by atoms with van der Waals surface area (Å²) in [5.41, 5.74) is 2.31. The van der Waals surface area contributed by atoms with Gasteiger partial charge in [0, 0.05) is 18.7 Å². The third kappa shape index (κ3) is 7.70. The molecule has 0 aliphatic carbocycles. The number of ether oxygens (including phenoxy) is 1. The topological polar surface area (TPSA) is 48.9 Å². The smallest absolute Gasteiger partial charge is 0.191 e. The molecule has 1 aromatic carbocycles. The first kappa shape index (κ1) is 23.0. The number of guanidine groups is 1. The van der Waals surface area contributed by atoms with Crippen molar-refractivity contribution in [3.63, 3.8) is 0 Å². The van der Waals surface area contributed by atoms with E-state index < -0.39 is 0 Å². The van der Waals surface area contributed by atoms with Gasteiger partial charge in [0.15, 0.2) is 5.96 Å². The van der Waals surface area contributed by atoms with Gasteiger partial charge in [-0.25, -0.2) is 4.99 Å². The number of piperidine rings is 1. The van der Waals surface area contributed by atoms with Crippen LogP contribution in [0.1, 0.15) is 37.3 Å². The van der Waals surface area contributed by atoms with Gasteiger partial charge < -0.3 is 20.3 Å². The summed E-state index contributed by atoms with van der Waals surface area (Å²) in [5, 5.41) is 6.82. The van der Waals surface area contributed by atoms with Crippen molar-refractivity contribution >= 4 is 29.9 Å². The molecule has 26 heavy (non-hydrogen) atoms. The summed E-state index contributed by atoms with van der Waals surface area (Å²) in [6.45, 7) is 9.09. The molecule has 148 valence electrons.